The van der Waals surface area contributed by atoms with Gasteiger partial charge in [-0.25, -0.2) is 4.68 Å². The number of hydrogen-bond acceptors (Lipinski definition) is 5. The summed E-state index contributed by atoms with van der Waals surface area (Å²) in [6.45, 7) is 4.10. The van der Waals surface area contributed by atoms with Crippen molar-refractivity contribution in [2.24, 2.45) is 0 Å². The zero-order valence-electron chi connectivity index (χ0n) is 26.8. The molecule has 0 saturated heterocycles. The number of amides is 1. The van der Waals surface area contributed by atoms with Gasteiger partial charge in [0, 0.05) is 18.5 Å². The molecule has 6 aromatic rings. The van der Waals surface area contributed by atoms with Crippen molar-refractivity contribution in [3.8, 4) is 22.5 Å². The van der Waals surface area contributed by atoms with Crippen LogP contribution in [-0.4, -0.2) is 48.8 Å². The number of carbonyl (C=O) groups is 1. The molecule has 1 heterocycles. The molecule has 1 N–H and O–H groups in total. The maximum Gasteiger partial charge on any atom is 0.223 e. The Balaban J connectivity index is 1.62. The fourth-order valence-electron chi connectivity index (χ4n) is 6.37. The highest BCUT2D eigenvalue weighted by Gasteiger charge is 2.42. The highest BCUT2D eigenvalue weighted by molar-refractivity contribution is 5.82. The zero-order chi connectivity index (χ0) is 32.6. The Morgan fingerprint density at radius 2 is 1.30 bits per heavy atom. The molecule has 1 amide bonds. The molecular formula is C40H39N5O2. The van der Waals surface area contributed by atoms with Crippen molar-refractivity contribution < 1.29 is 9.90 Å². The summed E-state index contributed by atoms with van der Waals surface area (Å²) in [6, 6.07) is 47.1. The van der Waals surface area contributed by atoms with Crippen LogP contribution in [-0.2, 0) is 16.9 Å². The standard InChI is InChI=1S/C40H39N5O2/c1-3-16-38(47)44(30(2)29-46)28-31-25-26-36(32-17-8-4-9-18-32)37(27-31)39-41-42-43-45(39)40(33-19-10-5-11-20-33,34-21-12-6-13-22-34)35-23-14-7-15-24-35/h4-15,17-27,30,46H,3,16,28-29H2,1-2H3/t30-/m0/s1. The van der Waals surface area contributed by atoms with Crippen molar-refractivity contribution in [3.05, 3.63) is 162 Å². The van der Waals surface area contributed by atoms with Gasteiger partial charge in [-0.15, -0.1) is 5.10 Å². The largest absolute Gasteiger partial charge is 0.394 e. The van der Waals surface area contributed by atoms with E-state index in [4.69, 9.17) is 10.3 Å². The first-order valence-electron chi connectivity index (χ1n) is 16.1. The summed E-state index contributed by atoms with van der Waals surface area (Å²) < 4.78 is 1.94. The van der Waals surface area contributed by atoms with E-state index >= 15 is 0 Å². The summed E-state index contributed by atoms with van der Waals surface area (Å²) in [5, 5.41) is 23.9. The van der Waals surface area contributed by atoms with Crippen LogP contribution in [0.4, 0.5) is 0 Å². The number of rotatable bonds is 12. The maximum atomic E-state index is 13.2. The smallest absolute Gasteiger partial charge is 0.223 e. The predicted octanol–water partition coefficient (Wildman–Crippen LogP) is 7.36. The third-order valence-electron chi connectivity index (χ3n) is 8.70. The van der Waals surface area contributed by atoms with Crippen molar-refractivity contribution in [1.29, 1.82) is 0 Å². The minimum absolute atomic E-state index is 0.0174. The molecule has 0 saturated carbocycles. The van der Waals surface area contributed by atoms with E-state index in [9.17, 15) is 9.90 Å². The first kappa shape index (κ1) is 31.6. The quantitative estimate of drug-likeness (QED) is 0.144. The average molecular weight is 622 g/mol. The minimum Gasteiger partial charge on any atom is -0.394 e. The first-order chi connectivity index (χ1) is 23.1. The van der Waals surface area contributed by atoms with Crippen LogP contribution >= 0.6 is 0 Å². The molecule has 0 fully saturated rings. The van der Waals surface area contributed by atoms with E-state index in [1.807, 2.05) is 91.3 Å². The van der Waals surface area contributed by atoms with Gasteiger partial charge in [-0.1, -0.05) is 140 Å². The highest BCUT2D eigenvalue weighted by Crippen LogP contribution is 2.43. The fraction of sp³-hybridized carbons (Fsp3) is 0.200. The zero-order valence-corrected chi connectivity index (χ0v) is 26.8. The lowest BCUT2D eigenvalue weighted by molar-refractivity contribution is -0.134. The Kier molecular flexibility index (Phi) is 9.64. The first-order valence-corrected chi connectivity index (χ1v) is 16.1. The van der Waals surface area contributed by atoms with Crippen LogP contribution in [0.5, 0.6) is 0 Å². The molecule has 1 atom stereocenters. The molecular weight excluding hydrogens is 582 g/mol. The van der Waals surface area contributed by atoms with Crippen LogP contribution in [0, 0.1) is 0 Å². The number of tetrazole rings is 1. The number of carbonyl (C=O) groups excluding carboxylic acids is 1. The van der Waals surface area contributed by atoms with Crippen molar-refractivity contribution in [2.75, 3.05) is 6.61 Å². The third kappa shape index (κ3) is 6.22. The molecule has 0 spiro atoms. The number of benzene rings is 5. The third-order valence-corrected chi connectivity index (χ3v) is 8.70. The van der Waals surface area contributed by atoms with E-state index in [0.29, 0.717) is 18.8 Å². The molecule has 7 heteroatoms. The van der Waals surface area contributed by atoms with Gasteiger partial charge >= 0.3 is 0 Å². The topological polar surface area (TPSA) is 84.1 Å². The molecule has 47 heavy (non-hydrogen) atoms. The van der Waals surface area contributed by atoms with Gasteiger partial charge in [0.2, 0.25) is 5.91 Å². The van der Waals surface area contributed by atoms with Gasteiger partial charge in [-0.05, 0) is 63.2 Å². The Morgan fingerprint density at radius 3 is 1.81 bits per heavy atom. The van der Waals surface area contributed by atoms with Crippen LogP contribution in [0.2, 0.25) is 0 Å². The number of aromatic nitrogens is 4. The maximum absolute atomic E-state index is 13.2. The van der Waals surface area contributed by atoms with Crippen molar-refractivity contribution in [3.63, 3.8) is 0 Å². The molecule has 6 rings (SSSR count). The Hall–Kier alpha value is -5.40. The lowest BCUT2D eigenvalue weighted by atomic mass is 9.77. The average Bonchev–Trinajstić information content (AvgIpc) is 3.62. The molecule has 236 valence electrons. The molecule has 7 nitrogen and oxygen atoms in total. The van der Waals surface area contributed by atoms with Crippen LogP contribution in [0.25, 0.3) is 22.5 Å². The van der Waals surface area contributed by atoms with Gasteiger partial charge < -0.3 is 10.0 Å². The molecule has 0 bridgehead atoms. The molecule has 5 aromatic carbocycles. The van der Waals surface area contributed by atoms with Crippen molar-refractivity contribution in [1.82, 2.24) is 25.1 Å². The number of hydrogen-bond donors (Lipinski definition) is 1. The van der Waals surface area contributed by atoms with E-state index in [-0.39, 0.29) is 18.6 Å². The fourth-order valence-corrected chi connectivity index (χ4v) is 6.37. The SMILES string of the molecule is CCCC(=O)N(Cc1ccc(-c2ccccc2)c(-c2nnnn2C(c2ccccc2)(c2ccccc2)c2ccccc2)c1)[C@@H](C)CO. The van der Waals surface area contributed by atoms with E-state index < -0.39 is 5.54 Å². The van der Waals surface area contributed by atoms with E-state index in [1.165, 1.54) is 0 Å². The lowest BCUT2D eigenvalue weighted by Crippen LogP contribution is -2.40. The molecule has 0 radical (unpaired) electrons. The minimum atomic E-state index is -0.916. The second kappa shape index (κ2) is 14.4. The van der Waals surface area contributed by atoms with Crippen LogP contribution in [0.3, 0.4) is 0 Å². The summed E-state index contributed by atoms with van der Waals surface area (Å²) in [4.78, 5) is 14.9. The van der Waals surface area contributed by atoms with Gasteiger partial charge in [0.15, 0.2) is 5.82 Å². The number of nitrogens with zero attached hydrogens (tertiary/aromatic N) is 5. The Morgan fingerprint density at radius 1 is 0.766 bits per heavy atom. The predicted molar refractivity (Wildman–Crippen MR) is 185 cm³/mol. The molecule has 0 unspecified atom stereocenters. The van der Waals surface area contributed by atoms with E-state index in [1.54, 1.807) is 4.90 Å². The lowest BCUT2D eigenvalue weighted by Gasteiger charge is -2.36. The molecule has 1 aromatic heterocycles. The summed E-state index contributed by atoms with van der Waals surface area (Å²) >= 11 is 0. The van der Waals surface area contributed by atoms with Crippen LogP contribution in [0.15, 0.2) is 140 Å². The van der Waals surface area contributed by atoms with Gasteiger partial charge in [0.05, 0.1) is 12.6 Å². The molecule has 0 aliphatic heterocycles. The number of aliphatic hydroxyl groups excluding tert-OH is 1. The molecule has 0 aliphatic rings. The Bertz CT molecular complexity index is 1800. The second-order valence-electron chi connectivity index (χ2n) is 11.8. The van der Waals surface area contributed by atoms with Crippen LogP contribution < -0.4 is 0 Å². The van der Waals surface area contributed by atoms with Gasteiger partial charge in [-0.2, -0.15) is 0 Å². The summed E-state index contributed by atoms with van der Waals surface area (Å²) in [5.74, 6) is 0.604. The summed E-state index contributed by atoms with van der Waals surface area (Å²) in [7, 11) is 0. The summed E-state index contributed by atoms with van der Waals surface area (Å²) in [5.41, 5.74) is 5.87. The van der Waals surface area contributed by atoms with E-state index in [0.717, 1.165) is 45.4 Å². The normalized spacial score (nSPS) is 12.1. The van der Waals surface area contributed by atoms with Gasteiger partial charge in [0.25, 0.3) is 0 Å². The van der Waals surface area contributed by atoms with Crippen molar-refractivity contribution >= 4 is 5.91 Å². The summed E-state index contributed by atoms with van der Waals surface area (Å²) in [6.07, 6.45) is 1.16. The van der Waals surface area contributed by atoms with Crippen LogP contribution in [0.1, 0.15) is 48.9 Å². The Labute approximate surface area is 276 Å². The van der Waals surface area contributed by atoms with Gasteiger partial charge in [-0.3, -0.25) is 4.79 Å². The highest BCUT2D eigenvalue weighted by atomic mass is 16.3. The molecule has 0 aliphatic carbocycles. The van der Waals surface area contributed by atoms with Crippen molar-refractivity contribution in [2.45, 2.75) is 44.8 Å². The van der Waals surface area contributed by atoms with Gasteiger partial charge in [0.1, 0.15) is 5.54 Å². The monoisotopic (exact) mass is 621 g/mol. The second-order valence-corrected chi connectivity index (χ2v) is 11.8. The van der Waals surface area contributed by atoms with E-state index in [2.05, 4.69) is 71.9 Å². The number of aliphatic hydroxyl groups is 1.